The lowest BCUT2D eigenvalue weighted by Crippen LogP contribution is -2.13. The number of rotatable bonds is 4. The van der Waals surface area contributed by atoms with E-state index < -0.39 is 17.3 Å². The van der Waals surface area contributed by atoms with Crippen LogP contribution in [0.3, 0.4) is 0 Å². The van der Waals surface area contributed by atoms with Gasteiger partial charge in [-0.1, -0.05) is 24.3 Å². The Morgan fingerprint density at radius 1 is 1.07 bits per heavy atom. The third-order valence-electron chi connectivity index (χ3n) is 4.91. The van der Waals surface area contributed by atoms with Crippen LogP contribution in [0.5, 0.6) is 11.5 Å². The van der Waals surface area contributed by atoms with Gasteiger partial charge in [0.2, 0.25) is 5.43 Å². The van der Waals surface area contributed by atoms with Gasteiger partial charge in [-0.2, -0.15) is 0 Å². The summed E-state index contributed by atoms with van der Waals surface area (Å²) in [6, 6.07) is 14.7. The summed E-state index contributed by atoms with van der Waals surface area (Å²) in [5, 5.41) is 22.1. The Balaban J connectivity index is 1.99. The van der Waals surface area contributed by atoms with E-state index in [1.54, 1.807) is 37.1 Å². The zero-order chi connectivity index (χ0) is 20.5. The maximum atomic E-state index is 11.9. The van der Waals surface area contributed by atoms with Gasteiger partial charge in [0.05, 0.1) is 25.1 Å². The van der Waals surface area contributed by atoms with E-state index in [9.17, 15) is 15.0 Å². The summed E-state index contributed by atoms with van der Waals surface area (Å²) in [5.41, 5.74) is 2.21. The quantitative estimate of drug-likeness (QED) is 0.555. The predicted octanol–water partition coefficient (Wildman–Crippen LogP) is 3.82. The van der Waals surface area contributed by atoms with E-state index in [0.717, 1.165) is 21.9 Å². The molecular weight excluding hydrogens is 368 g/mol. The van der Waals surface area contributed by atoms with Crippen LogP contribution in [0.2, 0.25) is 0 Å². The molecule has 4 rings (SSSR count). The Bertz CT molecular complexity index is 1260. The lowest BCUT2D eigenvalue weighted by Gasteiger charge is -2.18. The molecule has 6 nitrogen and oxygen atoms in total. The van der Waals surface area contributed by atoms with Crippen LogP contribution in [0.1, 0.15) is 18.7 Å². The maximum absolute atomic E-state index is 11.9. The highest BCUT2D eigenvalue weighted by Crippen LogP contribution is 2.36. The first-order valence-corrected chi connectivity index (χ1v) is 9.14. The van der Waals surface area contributed by atoms with Gasteiger partial charge in [-0.05, 0) is 30.5 Å². The second kappa shape index (κ2) is 7.41. The summed E-state index contributed by atoms with van der Waals surface area (Å²) in [7, 11) is 1.60. The molecule has 2 aromatic carbocycles. The number of pyridine rings is 2. The molecule has 2 N–H and O–H groups in total. The number of aliphatic hydroxyl groups is 1. The van der Waals surface area contributed by atoms with Crippen LogP contribution < -0.4 is 10.2 Å². The highest BCUT2D eigenvalue weighted by Gasteiger charge is 2.15. The molecule has 29 heavy (non-hydrogen) atoms. The Labute approximate surface area is 167 Å². The summed E-state index contributed by atoms with van der Waals surface area (Å²) >= 11 is 0. The van der Waals surface area contributed by atoms with Gasteiger partial charge < -0.3 is 19.5 Å². The third-order valence-corrected chi connectivity index (χ3v) is 4.91. The summed E-state index contributed by atoms with van der Waals surface area (Å²) in [6.45, 7) is 1.57. The molecule has 2 heterocycles. The largest absolute Gasteiger partial charge is 0.503 e. The van der Waals surface area contributed by atoms with Crippen LogP contribution in [0, 0.1) is 0 Å². The van der Waals surface area contributed by atoms with Crippen LogP contribution >= 0.6 is 0 Å². The highest BCUT2D eigenvalue weighted by atomic mass is 16.5. The van der Waals surface area contributed by atoms with Gasteiger partial charge in [-0.3, -0.25) is 9.78 Å². The Kier molecular flexibility index (Phi) is 4.78. The topological polar surface area (TPSA) is 84.6 Å². The average molecular weight is 388 g/mol. The van der Waals surface area contributed by atoms with Crippen LogP contribution in [-0.2, 0) is 0 Å². The number of ether oxygens (including phenoxy) is 1. The minimum absolute atomic E-state index is 0.375. The van der Waals surface area contributed by atoms with Crippen molar-refractivity contribution in [1.29, 1.82) is 0 Å². The van der Waals surface area contributed by atoms with Crippen molar-refractivity contribution in [3.05, 3.63) is 83.0 Å². The van der Waals surface area contributed by atoms with Crippen LogP contribution in [0.4, 0.5) is 0 Å². The van der Waals surface area contributed by atoms with Crippen molar-refractivity contribution in [2.75, 3.05) is 7.11 Å². The predicted molar refractivity (Wildman–Crippen MR) is 112 cm³/mol. The first kappa shape index (κ1) is 18.7. The van der Waals surface area contributed by atoms with Crippen molar-refractivity contribution >= 4 is 10.8 Å². The highest BCUT2D eigenvalue weighted by molar-refractivity contribution is 5.97. The van der Waals surface area contributed by atoms with Crippen molar-refractivity contribution in [3.8, 4) is 28.3 Å². The van der Waals surface area contributed by atoms with E-state index in [1.165, 1.54) is 12.3 Å². The molecule has 0 aliphatic rings. The molecule has 0 aliphatic heterocycles. The molecule has 146 valence electrons. The van der Waals surface area contributed by atoms with Crippen LogP contribution in [0.25, 0.3) is 27.6 Å². The van der Waals surface area contributed by atoms with Gasteiger partial charge in [-0.15, -0.1) is 0 Å². The molecule has 6 heteroatoms. The summed E-state index contributed by atoms with van der Waals surface area (Å²) in [4.78, 5) is 16.2. The Morgan fingerprint density at radius 3 is 2.62 bits per heavy atom. The Morgan fingerprint density at radius 2 is 1.86 bits per heavy atom. The van der Waals surface area contributed by atoms with E-state index in [0.29, 0.717) is 17.1 Å². The van der Waals surface area contributed by atoms with E-state index in [1.807, 2.05) is 36.4 Å². The molecule has 0 saturated heterocycles. The molecule has 1 atom stereocenters. The Hall–Kier alpha value is -3.64. The van der Waals surface area contributed by atoms with Crippen molar-refractivity contribution < 1.29 is 14.9 Å². The van der Waals surface area contributed by atoms with Crippen LogP contribution in [-0.4, -0.2) is 26.9 Å². The van der Waals surface area contributed by atoms with Crippen LogP contribution in [0.15, 0.2) is 71.9 Å². The molecular formula is C23H20N2O4. The number of fused-ring (bicyclic) bond motifs is 1. The second-order valence-electron chi connectivity index (χ2n) is 6.79. The SMILES string of the molecule is COc1ccc(-n2cc(O)c(=O)cc2C(C)O)cc1-c1cncc2ccccc12. The zero-order valence-electron chi connectivity index (χ0n) is 16.0. The molecule has 0 spiro atoms. The standard InChI is InChI=1S/C23H20N2O4/c1-14(26)20-10-21(27)22(28)13-25(20)16-7-8-23(29-2)18(9-16)19-12-24-11-15-5-3-4-6-17(15)19/h3-14,26,28H,1-2H3. The van der Waals surface area contributed by atoms with E-state index in [-0.39, 0.29) is 0 Å². The maximum Gasteiger partial charge on any atom is 0.223 e. The van der Waals surface area contributed by atoms with Gasteiger partial charge >= 0.3 is 0 Å². The summed E-state index contributed by atoms with van der Waals surface area (Å²) in [6.07, 6.45) is 4.01. The molecule has 0 fully saturated rings. The third kappa shape index (κ3) is 3.34. The minimum Gasteiger partial charge on any atom is -0.503 e. The lowest BCUT2D eigenvalue weighted by atomic mass is 9.99. The molecule has 0 saturated carbocycles. The lowest BCUT2D eigenvalue weighted by molar-refractivity contribution is 0.191. The summed E-state index contributed by atoms with van der Waals surface area (Å²) in [5.74, 6) is 0.273. The molecule has 0 bridgehead atoms. The van der Waals surface area contributed by atoms with E-state index >= 15 is 0 Å². The number of aromatic nitrogens is 2. The van der Waals surface area contributed by atoms with Crippen molar-refractivity contribution in [3.63, 3.8) is 0 Å². The molecule has 0 aliphatic carbocycles. The van der Waals surface area contributed by atoms with Gasteiger partial charge in [0.25, 0.3) is 0 Å². The second-order valence-corrected chi connectivity index (χ2v) is 6.79. The van der Waals surface area contributed by atoms with Gasteiger partial charge in [-0.25, -0.2) is 0 Å². The normalized spacial score (nSPS) is 12.1. The van der Waals surface area contributed by atoms with Crippen molar-refractivity contribution in [2.45, 2.75) is 13.0 Å². The van der Waals surface area contributed by atoms with E-state index in [4.69, 9.17) is 4.74 Å². The fourth-order valence-corrected chi connectivity index (χ4v) is 3.47. The minimum atomic E-state index is -0.895. The van der Waals surface area contributed by atoms with Gasteiger partial charge in [0.15, 0.2) is 5.75 Å². The smallest absolute Gasteiger partial charge is 0.223 e. The zero-order valence-corrected chi connectivity index (χ0v) is 16.0. The van der Waals surface area contributed by atoms with Gasteiger partial charge in [0.1, 0.15) is 5.75 Å². The number of hydrogen-bond donors (Lipinski definition) is 2. The molecule has 0 radical (unpaired) electrons. The molecule has 2 aromatic heterocycles. The molecule has 0 amide bonds. The molecule has 4 aromatic rings. The number of hydrogen-bond acceptors (Lipinski definition) is 5. The fourth-order valence-electron chi connectivity index (χ4n) is 3.47. The van der Waals surface area contributed by atoms with E-state index in [2.05, 4.69) is 4.98 Å². The van der Waals surface area contributed by atoms with Gasteiger partial charge in [0, 0.05) is 40.7 Å². The summed E-state index contributed by atoms with van der Waals surface area (Å²) < 4.78 is 7.17. The monoisotopic (exact) mass is 388 g/mol. The van der Waals surface area contributed by atoms with Crippen molar-refractivity contribution in [1.82, 2.24) is 9.55 Å². The number of aromatic hydroxyl groups is 1. The number of aliphatic hydroxyl groups excluding tert-OH is 1. The number of methoxy groups -OCH3 is 1. The van der Waals surface area contributed by atoms with Crippen molar-refractivity contribution in [2.24, 2.45) is 0 Å². The number of benzene rings is 2. The molecule has 1 unspecified atom stereocenters. The first-order chi connectivity index (χ1) is 14.0. The fraction of sp³-hybridized carbons (Fsp3) is 0.130. The first-order valence-electron chi connectivity index (χ1n) is 9.14. The average Bonchev–Trinajstić information content (AvgIpc) is 2.74. The number of nitrogens with zero attached hydrogens (tertiary/aromatic N) is 2.